The normalized spacial score (nSPS) is 11.7. The first-order valence-electron chi connectivity index (χ1n) is 48.5. The van der Waals surface area contributed by atoms with Crippen molar-refractivity contribution in [2.75, 3.05) is 9.80 Å². The summed E-state index contributed by atoms with van der Waals surface area (Å²) in [5.74, 6) is 0. The van der Waals surface area contributed by atoms with E-state index in [9.17, 15) is 0 Å². The van der Waals surface area contributed by atoms with Crippen LogP contribution >= 0.6 is 0 Å². The molecule has 0 radical (unpaired) electrons. The van der Waals surface area contributed by atoms with Crippen LogP contribution in [0.1, 0.15) is 0 Å². The number of furan rings is 1. The van der Waals surface area contributed by atoms with Crippen molar-refractivity contribution in [1.82, 2.24) is 9.13 Å². The molecule has 5 nitrogen and oxygen atoms in total. The Bertz CT molecular complexity index is 8850. The third kappa shape index (κ3) is 14.9. The fourth-order valence-corrected chi connectivity index (χ4v) is 31.9. The largest absolute Gasteiger partial charge is 0.455 e. The maximum atomic E-state index is 6.59. The van der Waals surface area contributed by atoms with Gasteiger partial charge < -0.3 is 23.4 Å². The van der Waals surface area contributed by atoms with Crippen LogP contribution in [0.5, 0.6) is 0 Å². The summed E-state index contributed by atoms with van der Waals surface area (Å²) in [6.45, 7) is 0. The summed E-state index contributed by atoms with van der Waals surface area (Å²) in [5.41, 5.74) is 24.7. The predicted octanol–water partition coefficient (Wildman–Crippen LogP) is 30.1. The molecular formula is C134H94N4OSi2. The van der Waals surface area contributed by atoms with Crippen LogP contribution < -0.4 is 51.3 Å². The third-order valence-corrected chi connectivity index (χ3v) is 38.3. The van der Waals surface area contributed by atoms with Crippen LogP contribution in [0.3, 0.4) is 0 Å². The van der Waals surface area contributed by atoms with E-state index in [0.717, 1.165) is 78.4 Å². The van der Waals surface area contributed by atoms with E-state index >= 15 is 0 Å². The Hall–Kier alpha value is -18.0. The lowest BCUT2D eigenvalue weighted by molar-refractivity contribution is 0.670. The zero-order chi connectivity index (χ0) is 93.6. The van der Waals surface area contributed by atoms with Gasteiger partial charge in [-0.2, -0.15) is 0 Å². The van der Waals surface area contributed by atoms with Gasteiger partial charge in [0.2, 0.25) is 0 Å². The molecule has 0 amide bonds. The van der Waals surface area contributed by atoms with E-state index in [1.165, 1.54) is 140 Å². The number of benzene rings is 23. The van der Waals surface area contributed by atoms with E-state index in [4.69, 9.17) is 4.42 Å². The lowest BCUT2D eigenvalue weighted by Crippen LogP contribution is -2.74. The minimum atomic E-state index is -2.75. The summed E-state index contributed by atoms with van der Waals surface area (Å²) < 4.78 is 11.4. The number of fused-ring (bicyclic) bond motifs is 11. The summed E-state index contributed by atoms with van der Waals surface area (Å²) in [5, 5.41) is 23.0. The van der Waals surface area contributed by atoms with Crippen LogP contribution in [-0.2, 0) is 0 Å². The Balaban J connectivity index is 0.000000149. The molecule has 0 atom stereocenters. The standard InChI is InChI=1S/C68H48N2Si.C66H46N2OSi/c1-4-23-56(24-5-1)71(57-25-6-2-7-26-57,58-27-8-3-9-28-58)59-47-45-55(46-48-59)69(53-41-37-51(38-42-53)61-32-16-21-49-19-10-12-29-60(49)61)54-43-39-52(40-44-54)63-33-18-36-67-68(63)64-31-14-15-34-66(64)70(67)65-35-17-22-50-20-11-13-30-62(50)65;1-5-21-49(22-6-1)68-62-35-15-13-31-61(62)65-57(32-19-36-63(65)68)47-38-40-50(41-39-47)67(52-23-17-20-48(46-52)58-33-18-34-60-59-30-14-16-37-64(59)69-66(58)60)51-42-44-56(45-43-51)70(53-24-7-2-8-25-53,54-26-9-3-10-27-54)55-28-11-4-12-29-55/h1-48H;1-46H. The monoisotopic (exact) mass is 1830 g/mol. The van der Waals surface area contributed by atoms with Crippen molar-refractivity contribution in [3.8, 4) is 55.9 Å². The molecular weight excluding hydrogens is 1740 g/mol. The number of para-hydroxylation sites is 5. The van der Waals surface area contributed by atoms with Gasteiger partial charge in [0.15, 0.2) is 16.1 Å². The molecule has 26 rings (SSSR count). The molecule has 0 fully saturated rings. The number of rotatable bonds is 20. The van der Waals surface area contributed by atoms with E-state index in [1.807, 2.05) is 6.07 Å². The van der Waals surface area contributed by atoms with Crippen LogP contribution in [-0.4, -0.2) is 25.3 Å². The molecule has 3 heterocycles. The smallest absolute Gasteiger partial charge is 0.179 e. The van der Waals surface area contributed by atoms with Gasteiger partial charge in [-0.25, -0.2) is 0 Å². The van der Waals surface area contributed by atoms with E-state index in [0.29, 0.717) is 0 Å². The zero-order valence-electron chi connectivity index (χ0n) is 77.5. The first kappa shape index (κ1) is 84.7. The minimum Gasteiger partial charge on any atom is -0.455 e. The van der Waals surface area contributed by atoms with Crippen molar-refractivity contribution < 1.29 is 4.42 Å². The second-order valence-electron chi connectivity index (χ2n) is 36.4. The van der Waals surface area contributed by atoms with Gasteiger partial charge in [-0.15, -0.1) is 0 Å². The highest BCUT2D eigenvalue weighted by atomic mass is 28.3. The topological polar surface area (TPSA) is 29.5 Å². The SMILES string of the molecule is c1ccc(-n2c3ccccc3c3c(-c4ccc(N(c5ccc([Si](c6ccccc6)(c6ccccc6)c6ccccc6)cc5)c5cccc(-c6cccc7c6oc6ccccc67)c5)cc4)cccc32)cc1.c1ccc([Si](c2ccccc2)(c2ccccc2)c2ccc(N(c3ccc(-c4cccc5ccccc45)cc3)c3ccc(-c4cccc5c4c4ccccc4n5-c4cccc5ccccc45)cc3)cc2)cc1. The fourth-order valence-electron chi connectivity index (χ4n) is 22.4. The van der Waals surface area contributed by atoms with Crippen LogP contribution in [0.2, 0.25) is 0 Å². The van der Waals surface area contributed by atoms with E-state index in [2.05, 4.69) is 583 Å². The highest BCUT2D eigenvalue weighted by Gasteiger charge is 2.43. The molecule has 0 aliphatic heterocycles. The molecule has 0 bridgehead atoms. The highest BCUT2D eigenvalue weighted by Crippen LogP contribution is 2.47. The number of aromatic nitrogens is 2. The summed E-state index contributed by atoms with van der Waals surface area (Å²) >= 11 is 0. The van der Waals surface area contributed by atoms with Gasteiger partial charge in [0.1, 0.15) is 11.2 Å². The van der Waals surface area contributed by atoms with Gasteiger partial charge >= 0.3 is 0 Å². The third-order valence-electron chi connectivity index (χ3n) is 28.7. The Morgan fingerprint density at radius 1 is 0.177 bits per heavy atom. The molecule has 26 aromatic rings. The maximum absolute atomic E-state index is 6.59. The zero-order valence-corrected chi connectivity index (χ0v) is 79.5. The molecule has 0 spiro atoms. The molecule has 7 heteroatoms. The fraction of sp³-hybridized carbons (Fsp3) is 0. The maximum Gasteiger partial charge on any atom is 0.179 e. The molecule has 3 aromatic heterocycles. The number of hydrogen-bond donors (Lipinski definition) is 0. The van der Waals surface area contributed by atoms with Crippen LogP contribution in [0, 0.1) is 0 Å². The van der Waals surface area contributed by atoms with Crippen LogP contribution in [0.4, 0.5) is 34.1 Å². The van der Waals surface area contributed by atoms with Gasteiger partial charge in [0, 0.05) is 83.1 Å². The molecule has 0 aliphatic rings. The summed E-state index contributed by atoms with van der Waals surface area (Å²) in [7, 11) is -5.47. The molecule has 0 aliphatic carbocycles. The molecule has 23 aromatic carbocycles. The summed E-state index contributed by atoms with van der Waals surface area (Å²) in [6.07, 6.45) is 0. The summed E-state index contributed by atoms with van der Waals surface area (Å²) in [4.78, 5) is 4.80. The Labute approximate surface area is 822 Å². The number of nitrogens with zero attached hydrogens (tertiary/aromatic N) is 4. The first-order valence-corrected chi connectivity index (χ1v) is 52.5. The van der Waals surface area contributed by atoms with Crippen molar-refractivity contribution >= 4 is 179 Å². The summed E-state index contributed by atoms with van der Waals surface area (Å²) in [6, 6.07) is 209. The molecule has 0 saturated heterocycles. The van der Waals surface area contributed by atoms with Gasteiger partial charge in [-0.05, 0) is 218 Å². The van der Waals surface area contributed by atoms with Crippen molar-refractivity contribution in [1.29, 1.82) is 0 Å². The Morgan fingerprint density at radius 3 is 0.957 bits per heavy atom. The van der Waals surface area contributed by atoms with Crippen LogP contribution in [0.15, 0.2) is 575 Å². The lowest BCUT2D eigenvalue weighted by atomic mass is 9.98. The minimum absolute atomic E-state index is 0.893. The average molecular weight is 1830 g/mol. The first-order chi connectivity index (χ1) is 70.0. The van der Waals surface area contributed by atoms with Crippen molar-refractivity contribution in [2.24, 2.45) is 0 Å². The molecule has 0 N–H and O–H groups in total. The second kappa shape index (κ2) is 36.6. The lowest BCUT2D eigenvalue weighted by Gasteiger charge is -2.35. The molecule has 664 valence electrons. The van der Waals surface area contributed by atoms with Crippen molar-refractivity contribution in [3.63, 3.8) is 0 Å². The van der Waals surface area contributed by atoms with Crippen molar-refractivity contribution in [3.05, 3.63) is 570 Å². The molecule has 0 saturated carbocycles. The Morgan fingerprint density at radius 2 is 0.482 bits per heavy atom. The highest BCUT2D eigenvalue weighted by molar-refractivity contribution is 7.20. The van der Waals surface area contributed by atoms with Crippen LogP contribution in [0.25, 0.3) is 143 Å². The van der Waals surface area contributed by atoms with Gasteiger partial charge in [0.25, 0.3) is 0 Å². The van der Waals surface area contributed by atoms with Gasteiger partial charge in [-0.3, -0.25) is 0 Å². The van der Waals surface area contributed by atoms with E-state index < -0.39 is 16.1 Å². The van der Waals surface area contributed by atoms with Gasteiger partial charge in [-0.1, -0.05) is 449 Å². The average Bonchev–Trinajstić information content (AvgIpc) is 1.38. The molecule has 141 heavy (non-hydrogen) atoms. The second-order valence-corrected chi connectivity index (χ2v) is 44.0. The predicted molar refractivity (Wildman–Crippen MR) is 602 cm³/mol. The Kier molecular flexibility index (Phi) is 22.0. The van der Waals surface area contributed by atoms with Crippen molar-refractivity contribution in [2.45, 2.75) is 0 Å². The van der Waals surface area contributed by atoms with E-state index in [1.54, 1.807) is 0 Å². The van der Waals surface area contributed by atoms with E-state index in [-0.39, 0.29) is 0 Å². The number of hydrogen-bond acceptors (Lipinski definition) is 3. The number of anilines is 6. The molecule has 0 unspecified atom stereocenters. The quantitative estimate of drug-likeness (QED) is 0.0563. The van der Waals surface area contributed by atoms with Gasteiger partial charge in [0.05, 0.1) is 27.8 Å².